The summed E-state index contributed by atoms with van der Waals surface area (Å²) in [4.78, 5) is 23.9. The Bertz CT molecular complexity index is 365. The molecule has 5 nitrogen and oxygen atoms in total. The van der Waals surface area contributed by atoms with Gasteiger partial charge in [-0.3, -0.25) is 4.79 Å². The standard InChI is InChI=1S/C12H19F3N2O3/c1-17(10(20)16-8-12(13,14)15)11(7-9(18)19)5-3-2-4-6-11/h2-8H2,1H3,(H,16,20)(H,18,19). The molecule has 0 bridgehead atoms. The molecule has 0 aromatic carbocycles. The van der Waals surface area contributed by atoms with Gasteiger partial charge in [0.1, 0.15) is 6.54 Å². The number of carbonyl (C=O) groups is 2. The van der Waals surface area contributed by atoms with Crippen molar-refractivity contribution in [2.75, 3.05) is 13.6 Å². The summed E-state index contributed by atoms with van der Waals surface area (Å²) in [5, 5.41) is 10.8. The van der Waals surface area contributed by atoms with Gasteiger partial charge < -0.3 is 15.3 Å². The highest BCUT2D eigenvalue weighted by molar-refractivity contribution is 5.76. The predicted molar refractivity (Wildman–Crippen MR) is 65.3 cm³/mol. The van der Waals surface area contributed by atoms with Gasteiger partial charge in [0.25, 0.3) is 0 Å². The molecule has 0 aromatic heterocycles. The van der Waals surface area contributed by atoms with E-state index in [1.807, 2.05) is 0 Å². The Balaban J connectivity index is 2.74. The van der Waals surface area contributed by atoms with Crippen LogP contribution in [0.15, 0.2) is 0 Å². The number of halogens is 3. The van der Waals surface area contributed by atoms with Crippen molar-refractivity contribution in [2.24, 2.45) is 0 Å². The number of aliphatic carboxylic acids is 1. The number of nitrogens with zero attached hydrogens (tertiary/aromatic N) is 1. The van der Waals surface area contributed by atoms with Crippen molar-refractivity contribution in [3.05, 3.63) is 0 Å². The molecule has 0 aliphatic heterocycles. The maximum atomic E-state index is 12.1. The summed E-state index contributed by atoms with van der Waals surface area (Å²) in [6.45, 7) is -1.42. The molecule has 0 radical (unpaired) electrons. The van der Waals surface area contributed by atoms with Crippen LogP contribution in [0, 0.1) is 0 Å². The lowest BCUT2D eigenvalue weighted by atomic mass is 9.78. The largest absolute Gasteiger partial charge is 0.481 e. The zero-order chi connectivity index (χ0) is 15.4. The molecular formula is C12H19F3N2O3. The van der Waals surface area contributed by atoms with E-state index in [9.17, 15) is 22.8 Å². The van der Waals surface area contributed by atoms with Crippen molar-refractivity contribution < 1.29 is 27.9 Å². The van der Waals surface area contributed by atoms with Crippen LogP contribution in [0.1, 0.15) is 38.5 Å². The minimum atomic E-state index is -4.48. The third kappa shape index (κ3) is 4.57. The fourth-order valence-corrected chi connectivity index (χ4v) is 2.63. The van der Waals surface area contributed by atoms with Crippen LogP contribution in [0.3, 0.4) is 0 Å². The number of nitrogens with one attached hydrogen (secondary N) is 1. The number of amides is 2. The second-order valence-corrected chi connectivity index (χ2v) is 5.19. The number of carboxylic acids is 1. The Morgan fingerprint density at radius 1 is 1.25 bits per heavy atom. The SMILES string of the molecule is CN(C(=O)NCC(F)(F)F)C1(CC(=O)O)CCCCC1. The first-order chi connectivity index (χ1) is 9.16. The Morgan fingerprint density at radius 3 is 2.25 bits per heavy atom. The second-order valence-electron chi connectivity index (χ2n) is 5.19. The summed E-state index contributed by atoms with van der Waals surface area (Å²) in [7, 11) is 1.36. The average Bonchev–Trinajstić information content (AvgIpc) is 2.34. The van der Waals surface area contributed by atoms with E-state index in [2.05, 4.69) is 0 Å². The van der Waals surface area contributed by atoms with Crippen molar-refractivity contribution in [3.63, 3.8) is 0 Å². The van der Waals surface area contributed by atoms with E-state index in [-0.39, 0.29) is 6.42 Å². The van der Waals surface area contributed by atoms with Crippen LogP contribution in [-0.2, 0) is 4.79 Å². The molecule has 116 valence electrons. The Labute approximate surface area is 115 Å². The van der Waals surface area contributed by atoms with Gasteiger partial charge in [0.15, 0.2) is 0 Å². The molecule has 0 aromatic rings. The average molecular weight is 296 g/mol. The summed E-state index contributed by atoms with van der Waals surface area (Å²) >= 11 is 0. The van der Waals surface area contributed by atoms with Gasteiger partial charge in [-0.1, -0.05) is 19.3 Å². The van der Waals surface area contributed by atoms with Crippen molar-refractivity contribution in [1.82, 2.24) is 10.2 Å². The highest BCUT2D eigenvalue weighted by Gasteiger charge is 2.41. The summed E-state index contributed by atoms with van der Waals surface area (Å²) in [6.07, 6.45) is -1.26. The van der Waals surface area contributed by atoms with Gasteiger partial charge in [0.05, 0.1) is 12.0 Å². The number of carboxylic acid groups (broad SMARTS) is 1. The molecule has 1 aliphatic rings. The summed E-state index contributed by atoms with van der Waals surface area (Å²) in [6, 6.07) is -0.884. The number of carbonyl (C=O) groups excluding carboxylic acids is 1. The van der Waals surface area contributed by atoms with Gasteiger partial charge in [-0.15, -0.1) is 0 Å². The fourth-order valence-electron chi connectivity index (χ4n) is 2.63. The Morgan fingerprint density at radius 2 is 1.80 bits per heavy atom. The monoisotopic (exact) mass is 296 g/mol. The first kappa shape index (κ1) is 16.6. The molecule has 2 amide bonds. The van der Waals surface area contributed by atoms with Gasteiger partial charge in [0, 0.05) is 7.05 Å². The van der Waals surface area contributed by atoms with E-state index in [0.29, 0.717) is 12.8 Å². The normalized spacial score (nSPS) is 18.4. The van der Waals surface area contributed by atoms with E-state index in [4.69, 9.17) is 5.11 Å². The predicted octanol–water partition coefficient (Wildman–Crippen LogP) is 2.37. The molecule has 0 saturated heterocycles. The molecule has 0 unspecified atom stereocenters. The van der Waals surface area contributed by atoms with Gasteiger partial charge in [0.2, 0.25) is 0 Å². The van der Waals surface area contributed by atoms with Crippen molar-refractivity contribution in [2.45, 2.75) is 50.2 Å². The second kappa shape index (κ2) is 6.32. The number of urea groups is 1. The molecule has 1 aliphatic carbocycles. The Hall–Kier alpha value is -1.47. The minimum absolute atomic E-state index is 0.247. The molecule has 20 heavy (non-hydrogen) atoms. The van der Waals surface area contributed by atoms with Crippen LogP contribution in [0.25, 0.3) is 0 Å². The molecule has 1 saturated carbocycles. The minimum Gasteiger partial charge on any atom is -0.481 e. The highest BCUT2D eigenvalue weighted by atomic mass is 19.4. The van der Waals surface area contributed by atoms with Crippen molar-refractivity contribution in [3.8, 4) is 0 Å². The third-order valence-corrected chi connectivity index (χ3v) is 3.72. The van der Waals surface area contributed by atoms with Crippen molar-refractivity contribution >= 4 is 12.0 Å². The lowest BCUT2D eigenvalue weighted by molar-refractivity contribution is -0.140. The van der Waals surface area contributed by atoms with Crippen LogP contribution < -0.4 is 5.32 Å². The van der Waals surface area contributed by atoms with Gasteiger partial charge >= 0.3 is 18.2 Å². The Kier molecular flexibility index (Phi) is 5.24. The number of hydrogen-bond acceptors (Lipinski definition) is 2. The maximum Gasteiger partial charge on any atom is 0.405 e. The molecular weight excluding hydrogens is 277 g/mol. The molecule has 8 heteroatoms. The molecule has 1 rings (SSSR count). The quantitative estimate of drug-likeness (QED) is 0.836. The van der Waals surface area contributed by atoms with E-state index in [1.54, 1.807) is 5.32 Å². The van der Waals surface area contributed by atoms with Gasteiger partial charge in [-0.2, -0.15) is 13.2 Å². The molecule has 0 atom stereocenters. The summed E-state index contributed by atoms with van der Waals surface area (Å²) in [5.41, 5.74) is -0.889. The maximum absolute atomic E-state index is 12.1. The highest BCUT2D eigenvalue weighted by Crippen LogP contribution is 2.36. The third-order valence-electron chi connectivity index (χ3n) is 3.72. The fraction of sp³-hybridized carbons (Fsp3) is 0.833. The zero-order valence-electron chi connectivity index (χ0n) is 11.3. The number of hydrogen-bond donors (Lipinski definition) is 2. The number of rotatable bonds is 4. The van der Waals surface area contributed by atoms with Gasteiger partial charge in [-0.25, -0.2) is 4.79 Å². The summed E-state index contributed by atoms with van der Waals surface area (Å²) < 4.78 is 36.3. The van der Waals surface area contributed by atoms with E-state index >= 15 is 0 Å². The lowest BCUT2D eigenvalue weighted by Gasteiger charge is -2.43. The molecule has 1 fully saturated rings. The van der Waals surface area contributed by atoms with Crippen LogP contribution in [0.4, 0.5) is 18.0 Å². The molecule has 2 N–H and O–H groups in total. The topological polar surface area (TPSA) is 69.6 Å². The van der Waals surface area contributed by atoms with Crippen LogP contribution >= 0.6 is 0 Å². The van der Waals surface area contributed by atoms with Crippen LogP contribution in [0.5, 0.6) is 0 Å². The van der Waals surface area contributed by atoms with Crippen LogP contribution in [0.2, 0.25) is 0 Å². The molecule has 0 spiro atoms. The smallest absolute Gasteiger partial charge is 0.405 e. The van der Waals surface area contributed by atoms with E-state index in [1.165, 1.54) is 7.05 Å². The molecule has 0 heterocycles. The zero-order valence-corrected chi connectivity index (χ0v) is 11.3. The van der Waals surface area contributed by atoms with Gasteiger partial charge in [-0.05, 0) is 12.8 Å². The van der Waals surface area contributed by atoms with Crippen LogP contribution in [-0.4, -0.2) is 47.3 Å². The first-order valence-electron chi connectivity index (χ1n) is 6.46. The first-order valence-corrected chi connectivity index (χ1v) is 6.46. The van der Waals surface area contributed by atoms with E-state index in [0.717, 1.165) is 24.2 Å². The number of alkyl halides is 3. The van der Waals surface area contributed by atoms with Crippen molar-refractivity contribution in [1.29, 1.82) is 0 Å². The van der Waals surface area contributed by atoms with E-state index < -0.39 is 30.3 Å². The summed E-state index contributed by atoms with van der Waals surface area (Å²) in [5.74, 6) is -1.05. The lowest BCUT2D eigenvalue weighted by Crippen LogP contribution is -2.56.